The first-order valence-electron chi connectivity index (χ1n) is 8.04. The van der Waals surface area contributed by atoms with Crippen LogP contribution in [0.1, 0.15) is 58.2 Å². The molecule has 0 amide bonds. The van der Waals surface area contributed by atoms with Gasteiger partial charge in [0.25, 0.3) is 0 Å². The molecule has 0 N–H and O–H groups in total. The fourth-order valence-electron chi connectivity index (χ4n) is 3.13. The summed E-state index contributed by atoms with van der Waals surface area (Å²) >= 11 is 6.20. The van der Waals surface area contributed by atoms with Crippen molar-refractivity contribution in [2.24, 2.45) is 5.92 Å². The zero-order valence-corrected chi connectivity index (χ0v) is 13.8. The Kier molecular flexibility index (Phi) is 5.91. The van der Waals surface area contributed by atoms with Crippen LogP contribution in [0.25, 0.3) is 0 Å². The first-order valence-corrected chi connectivity index (χ1v) is 8.48. The van der Waals surface area contributed by atoms with Crippen molar-refractivity contribution in [3.8, 4) is 0 Å². The lowest BCUT2D eigenvalue weighted by atomic mass is 9.94. The summed E-state index contributed by atoms with van der Waals surface area (Å²) < 4.78 is 2.14. The van der Waals surface area contributed by atoms with Gasteiger partial charge in [-0.15, -0.1) is 11.6 Å². The van der Waals surface area contributed by atoms with Crippen molar-refractivity contribution in [1.29, 1.82) is 0 Å². The molecule has 1 aliphatic heterocycles. The molecule has 0 bridgehead atoms. The van der Waals surface area contributed by atoms with E-state index >= 15 is 0 Å². The monoisotopic (exact) mass is 297 g/mol. The van der Waals surface area contributed by atoms with Crippen LogP contribution in [0.15, 0.2) is 12.3 Å². The van der Waals surface area contributed by atoms with Gasteiger partial charge in [-0.25, -0.2) is 0 Å². The average Bonchev–Trinajstić information content (AvgIpc) is 2.89. The molecule has 0 saturated carbocycles. The molecular weight excluding hydrogens is 270 g/mol. The van der Waals surface area contributed by atoms with Crippen LogP contribution in [0.2, 0.25) is 0 Å². The number of piperidine rings is 1. The number of hydrogen-bond acceptors (Lipinski definition) is 2. The normalized spacial score (nSPS) is 19.6. The Morgan fingerprint density at radius 2 is 1.95 bits per heavy atom. The topological polar surface area (TPSA) is 21.1 Å². The third-order valence-electron chi connectivity index (χ3n) is 4.65. The molecule has 1 atom stereocenters. The molecule has 3 nitrogen and oxygen atoms in total. The summed E-state index contributed by atoms with van der Waals surface area (Å²) in [6.07, 6.45) is 6.88. The molecule has 2 heterocycles. The lowest BCUT2D eigenvalue weighted by Gasteiger charge is -2.32. The Morgan fingerprint density at radius 3 is 2.50 bits per heavy atom. The Morgan fingerprint density at radius 1 is 1.30 bits per heavy atom. The fourth-order valence-corrected chi connectivity index (χ4v) is 3.38. The molecule has 1 fully saturated rings. The SMILES string of the molecule is CCC(CC)n1ccc(CN2CCC(C(C)Cl)CC2)n1. The van der Waals surface area contributed by atoms with E-state index in [9.17, 15) is 0 Å². The van der Waals surface area contributed by atoms with E-state index in [1.165, 1.54) is 18.5 Å². The van der Waals surface area contributed by atoms with Crippen molar-refractivity contribution in [3.63, 3.8) is 0 Å². The van der Waals surface area contributed by atoms with Crippen LogP contribution in [0.3, 0.4) is 0 Å². The maximum atomic E-state index is 6.20. The quantitative estimate of drug-likeness (QED) is 0.738. The van der Waals surface area contributed by atoms with E-state index in [2.05, 4.69) is 42.6 Å². The van der Waals surface area contributed by atoms with E-state index in [-0.39, 0.29) is 0 Å². The van der Waals surface area contributed by atoms with Crippen molar-refractivity contribution >= 4 is 11.6 Å². The standard InChI is InChI=1S/C16H28ClN3/c1-4-16(5-2)20-11-8-15(18-20)12-19-9-6-14(7-10-19)13(3)17/h8,11,13-14,16H,4-7,9-10,12H2,1-3H3. The summed E-state index contributed by atoms with van der Waals surface area (Å²) in [6, 6.07) is 2.72. The summed E-state index contributed by atoms with van der Waals surface area (Å²) in [5.41, 5.74) is 1.20. The van der Waals surface area contributed by atoms with Crippen molar-refractivity contribution in [1.82, 2.24) is 14.7 Å². The molecule has 2 rings (SSSR count). The molecule has 0 aliphatic carbocycles. The molecule has 1 aromatic rings. The number of halogens is 1. The first kappa shape index (κ1) is 15.8. The highest BCUT2D eigenvalue weighted by Gasteiger charge is 2.23. The van der Waals surface area contributed by atoms with Gasteiger partial charge in [-0.2, -0.15) is 5.10 Å². The predicted octanol–water partition coefficient (Wildman–Crippen LogP) is 4.08. The molecule has 1 unspecified atom stereocenters. The van der Waals surface area contributed by atoms with Crippen molar-refractivity contribution in [2.45, 2.75) is 64.4 Å². The first-order chi connectivity index (χ1) is 9.63. The molecule has 0 spiro atoms. The van der Waals surface area contributed by atoms with E-state index in [1.807, 2.05) is 0 Å². The number of rotatable bonds is 6. The number of nitrogens with zero attached hydrogens (tertiary/aromatic N) is 3. The minimum Gasteiger partial charge on any atom is -0.297 e. The maximum Gasteiger partial charge on any atom is 0.0764 e. The smallest absolute Gasteiger partial charge is 0.0764 e. The fraction of sp³-hybridized carbons (Fsp3) is 0.812. The Hall–Kier alpha value is -0.540. The molecule has 0 radical (unpaired) electrons. The highest BCUT2D eigenvalue weighted by Crippen LogP contribution is 2.24. The van der Waals surface area contributed by atoms with Gasteiger partial charge in [0, 0.05) is 18.1 Å². The van der Waals surface area contributed by atoms with Crippen LogP contribution < -0.4 is 0 Å². The third-order valence-corrected chi connectivity index (χ3v) is 5.00. The van der Waals surface area contributed by atoms with Gasteiger partial charge in [0.05, 0.1) is 11.7 Å². The minimum absolute atomic E-state index is 0.311. The van der Waals surface area contributed by atoms with E-state index in [1.54, 1.807) is 0 Å². The second kappa shape index (κ2) is 7.46. The van der Waals surface area contributed by atoms with Gasteiger partial charge in [-0.1, -0.05) is 13.8 Å². The number of aromatic nitrogens is 2. The molecule has 1 aliphatic rings. The molecule has 0 aromatic carbocycles. The lowest BCUT2D eigenvalue weighted by Crippen LogP contribution is -2.35. The van der Waals surface area contributed by atoms with Gasteiger partial charge in [-0.3, -0.25) is 9.58 Å². The van der Waals surface area contributed by atoms with Gasteiger partial charge >= 0.3 is 0 Å². The van der Waals surface area contributed by atoms with Gasteiger partial charge in [0.1, 0.15) is 0 Å². The molecule has 20 heavy (non-hydrogen) atoms. The Bertz CT molecular complexity index is 390. The second-order valence-electron chi connectivity index (χ2n) is 6.05. The van der Waals surface area contributed by atoms with Crippen LogP contribution in [0, 0.1) is 5.92 Å². The Labute approximate surface area is 128 Å². The second-order valence-corrected chi connectivity index (χ2v) is 6.74. The largest absolute Gasteiger partial charge is 0.297 e. The molecule has 4 heteroatoms. The van der Waals surface area contributed by atoms with Gasteiger partial charge in [0.15, 0.2) is 0 Å². The number of likely N-dealkylation sites (tertiary alicyclic amines) is 1. The van der Waals surface area contributed by atoms with Gasteiger partial charge in [0.2, 0.25) is 0 Å². The van der Waals surface area contributed by atoms with Gasteiger partial charge < -0.3 is 0 Å². The summed E-state index contributed by atoms with van der Waals surface area (Å²) in [6.45, 7) is 9.87. The number of hydrogen-bond donors (Lipinski definition) is 0. The molecular formula is C16H28ClN3. The van der Waals surface area contributed by atoms with Crippen LogP contribution in [0.5, 0.6) is 0 Å². The van der Waals surface area contributed by atoms with Crippen LogP contribution >= 0.6 is 11.6 Å². The zero-order valence-electron chi connectivity index (χ0n) is 13.1. The molecule has 114 valence electrons. The third kappa shape index (κ3) is 3.98. The van der Waals surface area contributed by atoms with Crippen LogP contribution in [-0.2, 0) is 6.54 Å². The Balaban J connectivity index is 1.85. The summed E-state index contributed by atoms with van der Waals surface area (Å²) in [5, 5.41) is 5.06. The van der Waals surface area contributed by atoms with E-state index < -0.39 is 0 Å². The summed E-state index contributed by atoms with van der Waals surface area (Å²) in [5.74, 6) is 0.690. The average molecular weight is 298 g/mol. The lowest BCUT2D eigenvalue weighted by molar-refractivity contribution is 0.174. The van der Waals surface area contributed by atoms with Crippen LogP contribution in [-0.4, -0.2) is 33.1 Å². The van der Waals surface area contributed by atoms with E-state index in [0.717, 1.165) is 32.5 Å². The molecule has 1 aromatic heterocycles. The van der Waals surface area contributed by atoms with Crippen LogP contribution in [0.4, 0.5) is 0 Å². The highest BCUT2D eigenvalue weighted by molar-refractivity contribution is 6.20. The predicted molar refractivity (Wildman–Crippen MR) is 85.2 cm³/mol. The van der Waals surface area contributed by atoms with E-state index in [4.69, 9.17) is 16.7 Å². The van der Waals surface area contributed by atoms with Gasteiger partial charge in [-0.05, 0) is 57.7 Å². The number of alkyl halides is 1. The van der Waals surface area contributed by atoms with Crippen molar-refractivity contribution in [2.75, 3.05) is 13.1 Å². The van der Waals surface area contributed by atoms with Crippen molar-refractivity contribution in [3.05, 3.63) is 18.0 Å². The van der Waals surface area contributed by atoms with Crippen molar-refractivity contribution < 1.29 is 0 Å². The summed E-state index contributed by atoms with van der Waals surface area (Å²) in [4.78, 5) is 2.51. The van der Waals surface area contributed by atoms with E-state index in [0.29, 0.717) is 17.3 Å². The summed E-state index contributed by atoms with van der Waals surface area (Å²) in [7, 11) is 0. The maximum absolute atomic E-state index is 6.20. The molecule has 1 saturated heterocycles. The minimum atomic E-state index is 0.311. The highest BCUT2D eigenvalue weighted by atomic mass is 35.5. The zero-order chi connectivity index (χ0) is 14.5.